The number of carbonyl (C=O) groups excluding carboxylic acids is 1. The van der Waals surface area contributed by atoms with Crippen LogP contribution in [0, 0.1) is 5.82 Å². The second-order valence-electron chi connectivity index (χ2n) is 5.71. The zero-order chi connectivity index (χ0) is 14.2. The first-order valence-corrected chi connectivity index (χ1v) is 16.2. The third kappa shape index (κ3) is 3.02. The Morgan fingerprint density at radius 3 is 2.63 bits per heavy atom. The summed E-state index contributed by atoms with van der Waals surface area (Å²) in [4.78, 5) is 19.4. The van der Waals surface area contributed by atoms with E-state index in [4.69, 9.17) is 9.84 Å². The van der Waals surface area contributed by atoms with Gasteiger partial charge in [-0.3, -0.25) is 0 Å². The fourth-order valence-corrected chi connectivity index (χ4v) is 6.02. The van der Waals surface area contributed by atoms with Crippen LogP contribution in [0.3, 0.4) is 0 Å². The third-order valence-electron chi connectivity index (χ3n) is 3.15. The molecule has 1 aliphatic heterocycles. The quantitative estimate of drug-likeness (QED) is 0.820. The van der Waals surface area contributed by atoms with E-state index in [1.807, 2.05) is 0 Å². The molecule has 2 rings (SSSR count). The fraction of sp³-hybridized carbons (Fsp3) is 0.462. The number of hydrogen-bond donors (Lipinski definition) is 1. The van der Waals surface area contributed by atoms with Crippen LogP contribution >= 0.6 is 0 Å². The SMILES string of the molecule is [CH3][Sn]([CH3])([CH3])[c]1ccc(N2CC(CO)OC2=O)cc1F. The second kappa shape index (κ2) is 5.28. The summed E-state index contributed by atoms with van der Waals surface area (Å²) >= 11 is -2.46. The molecule has 0 aromatic heterocycles. The van der Waals surface area contributed by atoms with Gasteiger partial charge in [0.1, 0.15) is 0 Å². The number of ether oxygens (including phenoxy) is 1. The number of hydrogen-bond acceptors (Lipinski definition) is 3. The number of carbonyl (C=O) groups is 1. The molecule has 0 aliphatic carbocycles. The Morgan fingerprint density at radius 1 is 1.47 bits per heavy atom. The van der Waals surface area contributed by atoms with Crippen molar-refractivity contribution in [3.63, 3.8) is 0 Å². The van der Waals surface area contributed by atoms with E-state index in [-0.39, 0.29) is 19.0 Å². The van der Waals surface area contributed by atoms with Crippen LogP contribution < -0.4 is 8.48 Å². The van der Waals surface area contributed by atoms with Crippen molar-refractivity contribution in [2.45, 2.75) is 20.9 Å². The van der Waals surface area contributed by atoms with Crippen molar-refractivity contribution in [3.8, 4) is 0 Å². The number of anilines is 1. The van der Waals surface area contributed by atoms with Gasteiger partial charge in [-0.25, -0.2) is 0 Å². The van der Waals surface area contributed by atoms with E-state index in [9.17, 15) is 9.18 Å². The molecule has 1 aromatic carbocycles. The van der Waals surface area contributed by atoms with Crippen molar-refractivity contribution < 1.29 is 19.0 Å². The molecule has 4 nitrogen and oxygen atoms in total. The second-order valence-corrected chi connectivity index (χ2v) is 20.1. The summed E-state index contributed by atoms with van der Waals surface area (Å²) in [6.07, 6.45) is -1.07. The van der Waals surface area contributed by atoms with Gasteiger partial charge in [-0.05, 0) is 0 Å². The summed E-state index contributed by atoms with van der Waals surface area (Å²) in [6.45, 7) is 0.0359. The van der Waals surface area contributed by atoms with E-state index < -0.39 is 30.6 Å². The van der Waals surface area contributed by atoms with Crippen LogP contribution in [0.1, 0.15) is 0 Å². The Kier molecular flexibility index (Phi) is 4.05. The predicted molar refractivity (Wildman–Crippen MR) is 74.1 cm³/mol. The Morgan fingerprint density at radius 2 is 2.16 bits per heavy atom. The molecule has 19 heavy (non-hydrogen) atoms. The van der Waals surface area contributed by atoms with Gasteiger partial charge in [-0.2, -0.15) is 0 Å². The summed E-state index contributed by atoms with van der Waals surface area (Å²) in [5.41, 5.74) is 0.484. The standard InChI is InChI=1S/C10H9FNO3.3CH3.Sn/c11-7-2-1-3-8(4-7)12-5-9(6-13)15-10(12)14;;;;/h1,3-4,9,13H,5-6H2;3*1H3;. The summed E-state index contributed by atoms with van der Waals surface area (Å²) in [5.74, 6) is -0.249. The van der Waals surface area contributed by atoms with Crippen LogP contribution in [0.25, 0.3) is 0 Å². The Hall–Kier alpha value is -0.821. The number of halogens is 1. The molecule has 1 aromatic rings. The van der Waals surface area contributed by atoms with E-state index in [1.165, 1.54) is 11.0 Å². The molecule has 0 bridgehead atoms. The van der Waals surface area contributed by atoms with Gasteiger partial charge in [-0.1, -0.05) is 0 Å². The molecule has 1 unspecified atom stereocenters. The monoisotopic (exact) mass is 375 g/mol. The maximum absolute atomic E-state index is 14.1. The van der Waals surface area contributed by atoms with Crippen LogP contribution in [0.4, 0.5) is 14.9 Å². The molecule has 1 fully saturated rings. The summed E-state index contributed by atoms with van der Waals surface area (Å²) in [7, 11) is 0. The minimum atomic E-state index is -2.46. The first-order valence-electron chi connectivity index (χ1n) is 6.22. The zero-order valence-electron chi connectivity index (χ0n) is 11.3. The van der Waals surface area contributed by atoms with Gasteiger partial charge in [0, 0.05) is 0 Å². The van der Waals surface area contributed by atoms with Crippen molar-refractivity contribution >= 4 is 33.7 Å². The number of rotatable bonds is 3. The van der Waals surface area contributed by atoms with Crippen molar-refractivity contribution in [1.29, 1.82) is 0 Å². The summed E-state index contributed by atoms with van der Waals surface area (Å²) < 4.78 is 19.9. The predicted octanol–water partition coefficient (Wildman–Crippen LogP) is 1.69. The van der Waals surface area contributed by atoms with E-state index in [1.54, 1.807) is 12.1 Å². The van der Waals surface area contributed by atoms with Gasteiger partial charge in [0.25, 0.3) is 0 Å². The first kappa shape index (κ1) is 14.6. The Labute approximate surface area is 116 Å². The average molecular weight is 374 g/mol. The van der Waals surface area contributed by atoms with Gasteiger partial charge in [-0.15, -0.1) is 0 Å². The van der Waals surface area contributed by atoms with Crippen molar-refractivity contribution in [1.82, 2.24) is 0 Å². The van der Waals surface area contributed by atoms with Crippen molar-refractivity contribution in [2.24, 2.45) is 0 Å². The molecule has 0 radical (unpaired) electrons. The molecule has 1 aliphatic rings. The van der Waals surface area contributed by atoms with Gasteiger partial charge in [0.05, 0.1) is 0 Å². The Bertz CT molecular complexity index is 501. The molecular weight excluding hydrogens is 356 g/mol. The number of aliphatic hydroxyl groups is 1. The first-order chi connectivity index (χ1) is 8.82. The minimum absolute atomic E-state index is 0.221. The molecule has 0 spiro atoms. The fourth-order valence-electron chi connectivity index (χ4n) is 2.11. The van der Waals surface area contributed by atoms with Crippen LogP contribution in [0.15, 0.2) is 18.2 Å². The number of cyclic esters (lactones) is 1. The van der Waals surface area contributed by atoms with E-state index in [0.717, 1.165) is 3.58 Å². The molecule has 1 saturated heterocycles. The van der Waals surface area contributed by atoms with Gasteiger partial charge in [0.15, 0.2) is 0 Å². The van der Waals surface area contributed by atoms with E-state index in [2.05, 4.69) is 14.8 Å². The van der Waals surface area contributed by atoms with Crippen LogP contribution in [-0.2, 0) is 4.74 Å². The van der Waals surface area contributed by atoms with Crippen LogP contribution in [0.5, 0.6) is 0 Å². The molecule has 1 heterocycles. The van der Waals surface area contributed by atoms with Crippen LogP contribution in [-0.4, -0.2) is 48.8 Å². The molecule has 6 heteroatoms. The van der Waals surface area contributed by atoms with E-state index in [0.29, 0.717) is 5.69 Å². The van der Waals surface area contributed by atoms with Crippen molar-refractivity contribution in [2.75, 3.05) is 18.1 Å². The van der Waals surface area contributed by atoms with Crippen LogP contribution in [0.2, 0.25) is 14.8 Å². The normalized spacial score (nSPS) is 19.7. The number of aliphatic hydroxyl groups excluding tert-OH is 1. The molecular formula is C13H18FNO3Sn. The summed E-state index contributed by atoms with van der Waals surface area (Å²) in [5, 5.41) is 8.98. The van der Waals surface area contributed by atoms with Gasteiger partial charge < -0.3 is 0 Å². The number of benzene rings is 1. The molecule has 1 N–H and O–H groups in total. The number of amides is 1. The average Bonchev–Trinajstić information content (AvgIpc) is 2.68. The number of nitrogens with zero attached hydrogens (tertiary/aromatic N) is 1. The third-order valence-corrected chi connectivity index (χ3v) is 8.92. The molecule has 0 saturated carbocycles. The van der Waals surface area contributed by atoms with Crippen molar-refractivity contribution in [3.05, 3.63) is 24.0 Å². The maximum atomic E-state index is 14.1. The summed E-state index contributed by atoms with van der Waals surface area (Å²) in [6, 6.07) is 4.92. The molecule has 104 valence electrons. The zero-order valence-corrected chi connectivity index (χ0v) is 14.2. The molecule has 1 atom stereocenters. The topological polar surface area (TPSA) is 49.8 Å². The van der Waals surface area contributed by atoms with Gasteiger partial charge in [0.2, 0.25) is 0 Å². The Balaban J connectivity index is 2.28. The molecule has 1 amide bonds. The van der Waals surface area contributed by atoms with E-state index >= 15 is 0 Å². The van der Waals surface area contributed by atoms with Gasteiger partial charge >= 0.3 is 116 Å².